The topological polar surface area (TPSA) is 82.3 Å². The largest absolute Gasteiger partial charge is 0.337 e. The van der Waals surface area contributed by atoms with Crippen molar-refractivity contribution in [2.75, 3.05) is 6.54 Å². The lowest BCUT2D eigenvalue weighted by molar-refractivity contribution is 0.724. The summed E-state index contributed by atoms with van der Waals surface area (Å²) in [7, 11) is 0. The highest BCUT2D eigenvalue weighted by Crippen LogP contribution is 2.30. The van der Waals surface area contributed by atoms with Crippen LogP contribution in [0.15, 0.2) is 60.9 Å². The van der Waals surface area contributed by atoms with Crippen molar-refractivity contribution in [3.63, 3.8) is 0 Å². The minimum atomic E-state index is 0.767. The number of H-pyrrole nitrogens is 2. The van der Waals surface area contributed by atoms with Gasteiger partial charge in [0, 0.05) is 29.9 Å². The first kappa shape index (κ1) is 16.6. The van der Waals surface area contributed by atoms with Crippen LogP contribution in [0.3, 0.4) is 0 Å². The highest BCUT2D eigenvalue weighted by atomic mass is 15.1. The molecule has 6 nitrogen and oxygen atoms in total. The predicted octanol–water partition coefficient (Wildman–Crippen LogP) is 4.28. The van der Waals surface area contributed by atoms with E-state index in [0.717, 1.165) is 57.7 Å². The summed E-state index contributed by atoms with van der Waals surface area (Å²) in [5.41, 5.74) is 7.12. The van der Waals surface area contributed by atoms with Crippen LogP contribution in [-0.2, 0) is 6.54 Å². The molecule has 0 radical (unpaired) electrons. The summed E-state index contributed by atoms with van der Waals surface area (Å²) in [6, 6.07) is 16.5. The first-order valence-electron chi connectivity index (χ1n) is 9.40. The van der Waals surface area contributed by atoms with Crippen molar-refractivity contribution < 1.29 is 0 Å². The van der Waals surface area contributed by atoms with E-state index in [-0.39, 0.29) is 0 Å². The van der Waals surface area contributed by atoms with Crippen molar-refractivity contribution in [1.29, 1.82) is 0 Å². The summed E-state index contributed by atoms with van der Waals surface area (Å²) < 4.78 is 0. The number of imidazole rings is 1. The molecule has 5 aromatic rings. The van der Waals surface area contributed by atoms with E-state index in [0.29, 0.717) is 0 Å². The molecule has 0 amide bonds. The monoisotopic (exact) mass is 368 g/mol. The average Bonchev–Trinajstić information content (AvgIpc) is 3.35. The number of rotatable bonds is 5. The van der Waals surface area contributed by atoms with Gasteiger partial charge in [-0.1, -0.05) is 25.1 Å². The first-order valence-corrected chi connectivity index (χ1v) is 9.40. The maximum atomic E-state index is 4.70. The summed E-state index contributed by atoms with van der Waals surface area (Å²) >= 11 is 0. The average molecular weight is 368 g/mol. The van der Waals surface area contributed by atoms with Crippen LogP contribution in [0.2, 0.25) is 0 Å². The van der Waals surface area contributed by atoms with Crippen molar-refractivity contribution in [3.05, 3.63) is 66.5 Å². The normalized spacial score (nSPS) is 11.5. The molecule has 6 heteroatoms. The fourth-order valence-electron chi connectivity index (χ4n) is 3.45. The van der Waals surface area contributed by atoms with E-state index in [1.54, 1.807) is 0 Å². The molecule has 0 saturated heterocycles. The quantitative estimate of drug-likeness (QED) is 0.432. The SMILES string of the molecule is CCNCc1cncc(-c2ccc3[nH]nc(-c4nc5ccccc5[nH]4)c3c2)c1. The number of para-hydroxylation sites is 2. The fraction of sp³-hybridized carbons (Fsp3) is 0.136. The summed E-state index contributed by atoms with van der Waals surface area (Å²) in [6.07, 6.45) is 3.81. The number of benzene rings is 2. The molecule has 0 atom stereocenters. The van der Waals surface area contributed by atoms with Gasteiger partial charge in [-0.3, -0.25) is 10.1 Å². The maximum Gasteiger partial charge on any atom is 0.159 e. The highest BCUT2D eigenvalue weighted by molar-refractivity contribution is 5.95. The lowest BCUT2D eigenvalue weighted by atomic mass is 10.0. The van der Waals surface area contributed by atoms with E-state index in [1.165, 1.54) is 5.56 Å². The van der Waals surface area contributed by atoms with Gasteiger partial charge >= 0.3 is 0 Å². The van der Waals surface area contributed by atoms with Crippen LogP contribution < -0.4 is 5.32 Å². The van der Waals surface area contributed by atoms with E-state index in [2.05, 4.69) is 56.7 Å². The van der Waals surface area contributed by atoms with Gasteiger partial charge in [-0.25, -0.2) is 4.98 Å². The lowest BCUT2D eigenvalue weighted by Crippen LogP contribution is -2.11. The number of hydrogen-bond donors (Lipinski definition) is 3. The fourth-order valence-corrected chi connectivity index (χ4v) is 3.45. The zero-order valence-electron chi connectivity index (χ0n) is 15.5. The Labute approximate surface area is 162 Å². The van der Waals surface area contributed by atoms with Gasteiger partial charge in [-0.15, -0.1) is 0 Å². The Morgan fingerprint density at radius 1 is 0.964 bits per heavy atom. The molecule has 0 spiro atoms. The van der Waals surface area contributed by atoms with Crippen LogP contribution in [0.25, 0.3) is 44.6 Å². The minimum Gasteiger partial charge on any atom is -0.337 e. The predicted molar refractivity (Wildman–Crippen MR) is 112 cm³/mol. The number of pyridine rings is 1. The Kier molecular flexibility index (Phi) is 4.10. The number of fused-ring (bicyclic) bond motifs is 2. The third-order valence-corrected chi connectivity index (χ3v) is 4.88. The van der Waals surface area contributed by atoms with Gasteiger partial charge in [0.2, 0.25) is 0 Å². The van der Waals surface area contributed by atoms with Crippen molar-refractivity contribution in [3.8, 4) is 22.6 Å². The van der Waals surface area contributed by atoms with Crippen LogP contribution in [-0.4, -0.2) is 31.7 Å². The number of nitrogens with one attached hydrogen (secondary N) is 3. The van der Waals surface area contributed by atoms with Gasteiger partial charge in [-0.05, 0) is 48.0 Å². The molecular formula is C22H20N6. The second-order valence-corrected chi connectivity index (χ2v) is 6.80. The van der Waals surface area contributed by atoms with Gasteiger partial charge in [0.25, 0.3) is 0 Å². The zero-order valence-corrected chi connectivity index (χ0v) is 15.5. The van der Waals surface area contributed by atoms with Gasteiger partial charge in [0.15, 0.2) is 5.82 Å². The van der Waals surface area contributed by atoms with Crippen LogP contribution in [0, 0.1) is 0 Å². The molecule has 0 fully saturated rings. The Balaban J connectivity index is 1.58. The molecule has 0 aliphatic carbocycles. The third-order valence-electron chi connectivity index (χ3n) is 4.88. The Morgan fingerprint density at radius 2 is 1.89 bits per heavy atom. The summed E-state index contributed by atoms with van der Waals surface area (Å²) in [5.74, 6) is 0.767. The zero-order chi connectivity index (χ0) is 18.9. The van der Waals surface area contributed by atoms with E-state index in [9.17, 15) is 0 Å². The van der Waals surface area contributed by atoms with Crippen molar-refractivity contribution in [1.82, 2.24) is 30.5 Å². The smallest absolute Gasteiger partial charge is 0.159 e. The molecule has 3 heterocycles. The van der Waals surface area contributed by atoms with Gasteiger partial charge in [-0.2, -0.15) is 5.10 Å². The molecule has 28 heavy (non-hydrogen) atoms. The molecular weight excluding hydrogens is 348 g/mol. The summed E-state index contributed by atoms with van der Waals surface area (Å²) in [4.78, 5) is 12.5. The summed E-state index contributed by atoms with van der Waals surface area (Å²) in [5, 5.41) is 12.0. The lowest BCUT2D eigenvalue weighted by Gasteiger charge is -2.06. The summed E-state index contributed by atoms with van der Waals surface area (Å²) in [6.45, 7) is 3.85. The number of aromatic amines is 2. The van der Waals surface area contributed by atoms with Gasteiger partial charge in [0.05, 0.1) is 16.6 Å². The molecule has 5 rings (SSSR count). The minimum absolute atomic E-state index is 0.767. The van der Waals surface area contributed by atoms with E-state index >= 15 is 0 Å². The molecule has 2 aromatic carbocycles. The third kappa shape index (κ3) is 2.93. The first-order chi connectivity index (χ1) is 13.8. The Morgan fingerprint density at radius 3 is 2.79 bits per heavy atom. The number of nitrogens with zero attached hydrogens (tertiary/aromatic N) is 3. The molecule has 3 aromatic heterocycles. The molecule has 0 saturated carbocycles. The maximum absolute atomic E-state index is 4.70. The van der Waals surface area contributed by atoms with Crippen molar-refractivity contribution >= 4 is 21.9 Å². The van der Waals surface area contributed by atoms with Gasteiger partial charge < -0.3 is 10.3 Å². The molecule has 0 aliphatic heterocycles. The van der Waals surface area contributed by atoms with Crippen LogP contribution in [0.1, 0.15) is 12.5 Å². The number of hydrogen-bond acceptors (Lipinski definition) is 4. The second kappa shape index (κ2) is 6.90. The van der Waals surface area contributed by atoms with Gasteiger partial charge in [0.1, 0.15) is 5.69 Å². The standard InChI is InChI=1S/C22H20N6/c1-2-23-11-14-9-16(13-24-12-14)15-7-8-18-17(10-15)21(28-27-18)22-25-19-5-3-4-6-20(19)26-22/h3-10,12-13,23H,2,11H2,1H3,(H,25,26)(H,27,28). The molecule has 3 N–H and O–H groups in total. The second-order valence-electron chi connectivity index (χ2n) is 6.80. The molecule has 138 valence electrons. The van der Waals surface area contributed by atoms with Crippen molar-refractivity contribution in [2.24, 2.45) is 0 Å². The van der Waals surface area contributed by atoms with Crippen LogP contribution in [0.4, 0.5) is 0 Å². The van der Waals surface area contributed by atoms with E-state index in [1.807, 2.05) is 36.7 Å². The highest BCUT2D eigenvalue weighted by Gasteiger charge is 2.13. The molecule has 0 bridgehead atoms. The van der Waals surface area contributed by atoms with Crippen molar-refractivity contribution in [2.45, 2.75) is 13.5 Å². The van der Waals surface area contributed by atoms with E-state index in [4.69, 9.17) is 4.98 Å². The molecule has 0 aliphatic rings. The number of aromatic nitrogens is 5. The Bertz CT molecular complexity index is 1230. The van der Waals surface area contributed by atoms with Crippen LogP contribution in [0.5, 0.6) is 0 Å². The van der Waals surface area contributed by atoms with Crippen LogP contribution >= 0.6 is 0 Å². The molecule has 0 unspecified atom stereocenters. The Hall–Kier alpha value is -3.51. The van der Waals surface area contributed by atoms with E-state index < -0.39 is 0 Å².